The number of fused-ring (bicyclic) bond motifs is 1. The molecule has 0 radical (unpaired) electrons. The summed E-state index contributed by atoms with van der Waals surface area (Å²) in [5, 5.41) is 25.8. The Hall–Kier alpha value is -4.25. The summed E-state index contributed by atoms with van der Waals surface area (Å²) in [5.41, 5.74) is 3.14. The van der Waals surface area contributed by atoms with Crippen LogP contribution in [0.3, 0.4) is 0 Å². The van der Waals surface area contributed by atoms with E-state index in [1.54, 1.807) is 53.6 Å². The lowest BCUT2D eigenvalue weighted by Gasteiger charge is -2.29. The number of nitriles is 1. The van der Waals surface area contributed by atoms with Gasteiger partial charge in [0.1, 0.15) is 5.84 Å². The molecule has 0 aliphatic carbocycles. The van der Waals surface area contributed by atoms with Crippen LogP contribution in [-0.2, 0) is 0 Å². The Morgan fingerprint density at radius 3 is 2.71 bits per heavy atom. The van der Waals surface area contributed by atoms with Crippen molar-refractivity contribution in [3.05, 3.63) is 72.0 Å². The van der Waals surface area contributed by atoms with Gasteiger partial charge in [0.25, 0.3) is 0 Å². The molecule has 3 aromatic rings. The van der Waals surface area contributed by atoms with Crippen LogP contribution in [0.1, 0.15) is 11.1 Å². The summed E-state index contributed by atoms with van der Waals surface area (Å²) in [6.45, 7) is 0.418. The van der Waals surface area contributed by atoms with Gasteiger partial charge in [-0.15, -0.1) is 0 Å². The van der Waals surface area contributed by atoms with Crippen LogP contribution >= 0.6 is 0 Å². The second-order valence-electron chi connectivity index (χ2n) is 6.09. The molecule has 4 rings (SSSR count). The standard InChI is InChI=1S/C20H16N6O2/c21-11-13-2-1-3-15(10-13)25-20(27)24-14-4-6-16(7-5-14)26-12-23-19-17(18(26)22)8-9-28-19/h1-10,22-23H,12H2,(H2,24,25,27). The lowest BCUT2D eigenvalue weighted by atomic mass is 10.2. The molecule has 0 bridgehead atoms. The number of amides is 2. The Morgan fingerprint density at radius 1 is 1.14 bits per heavy atom. The molecule has 0 fully saturated rings. The third-order valence-corrected chi connectivity index (χ3v) is 4.27. The van der Waals surface area contributed by atoms with Crippen molar-refractivity contribution >= 4 is 34.8 Å². The van der Waals surface area contributed by atoms with Crippen molar-refractivity contribution in [3.8, 4) is 6.07 Å². The second kappa shape index (κ2) is 7.17. The molecule has 0 unspecified atom stereocenters. The van der Waals surface area contributed by atoms with E-state index in [2.05, 4.69) is 16.0 Å². The molecule has 2 aromatic carbocycles. The molecule has 138 valence electrons. The lowest BCUT2D eigenvalue weighted by Crippen LogP contribution is -2.39. The highest BCUT2D eigenvalue weighted by atomic mass is 16.3. The Bertz CT molecular complexity index is 1080. The molecule has 0 saturated carbocycles. The van der Waals surface area contributed by atoms with Gasteiger partial charge in [0.05, 0.1) is 30.1 Å². The van der Waals surface area contributed by atoms with Crippen LogP contribution < -0.4 is 20.9 Å². The monoisotopic (exact) mass is 372 g/mol. The number of hydrogen-bond acceptors (Lipinski definition) is 5. The summed E-state index contributed by atoms with van der Waals surface area (Å²) in [6.07, 6.45) is 1.55. The van der Waals surface area contributed by atoms with Crippen molar-refractivity contribution < 1.29 is 9.21 Å². The minimum absolute atomic E-state index is 0.346. The number of rotatable bonds is 3. The van der Waals surface area contributed by atoms with E-state index in [1.165, 1.54) is 0 Å². The van der Waals surface area contributed by atoms with Gasteiger partial charge in [-0.3, -0.25) is 5.41 Å². The molecule has 1 aliphatic heterocycles. The van der Waals surface area contributed by atoms with Crippen molar-refractivity contribution in [1.82, 2.24) is 0 Å². The first-order valence-corrected chi connectivity index (χ1v) is 8.50. The van der Waals surface area contributed by atoms with E-state index in [0.29, 0.717) is 40.9 Å². The summed E-state index contributed by atoms with van der Waals surface area (Å²) in [5.74, 6) is 0.940. The van der Waals surface area contributed by atoms with Crippen LogP contribution in [0.2, 0.25) is 0 Å². The number of nitrogens with zero attached hydrogens (tertiary/aromatic N) is 2. The molecule has 0 spiro atoms. The largest absolute Gasteiger partial charge is 0.448 e. The maximum atomic E-state index is 12.2. The Labute approximate surface area is 160 Å². The SMILES string of the molecule is N#Cc1cccc(NC(=O)Nc2ccc(N3CNc4occc4C3=N)cc2)c1. The van der Waals surface area contributed by atoms with Gasteiger partial charge < -0.3 is 25.3 Å². The first-order chi connectivity index (χ1) is 13.6. The van der Waals surface area contributed by atoms with E-state index < -0.39 is 6.03 Å². The summed E-state index contributed by atoms with van der Waals surface area (Å²) in [7, 11) is 0. The summed E-state index contributed by atoms with van der Waals surface area (Å²) >= 11 is 0. The van der Waals surface area contributed by atoms with Gasteiger partial charge in [0.15, 0.2) is 0 Å². The van der Waals surface area contributed by atoms with Crippen molar-refractivity contribution in [1.29, 1.82) is 10.7 Å². The highest BCUT2D eigenvalue weighted by molar-refractivity contribution is 6.12. The third kappa shape index (κ3) is 3.37. The van der Waals surface area contributed by atoms with E-state index in [1.807, 2.05) is 18.2 Å². The molecule has 0 saturated heterocycles. The normalized spacial score (nSPS) is 12.5. The molecule has 4 N–H and O–H groups in total. The number of urea groups is 1. The third-order valence-electron chi connectivity index (χ3n) is 4.27. The first kappa shape index (κ1) is 17.2. The Balaban J connectivity index is 1.42. The maximum absolute atomic E-state index is 12.2. The van der Waals surface area contributed by atoms with Crippen LogP contribution in [0.25, 0.3) is 0 Å². The Morgan fingerprint density at radius 2 is 1.93 bits per heavy atom. The molecule has 8 nitrogen and oxygen atoms in total. The highest BCUT2D eigenvalue weighted by Crippen LogP contribution is 2.27. The second-order valence-corrected chi connectivity index (χ2v) is 6.09. The van der Waals surface area contributed by atoms with Crippen LogP contribution in [0.15, 0.2) is 65.3 Å². The topological polar surface area (TPSA) is 117 Å². The van der Waals surface area contributed by atoms with Crippen LogP contribution in [0, 0.1) is 16.7 Å². The van der Waals surface area contributed by atoms with Gasteiger partial charge in [0, 0.05) is 17.1 Å². The van der Waals surface area contributed by atoms with Crippen LogP contribution in [0.4, 0.5) is 27.7 Å². The number of furan rings is 1. The number of anilines is 4. The first-order valence-electron chi connectivity index (χ1n) is 8.50. The summed E-state index contributed by atoms with van der Waals surface area (Å²) in [4.78, 5) is 14.0. The molecule has 8 heteroatoms. The molecule has 28 heavy (non-hydrogen) atoms. The van der Waals surface area contributed by atoms with Crippen LogP contribution in [-0.4, -0.2) is 18.5 Å². The van der Waals surface area contributed by atoms with E-state index in [-0.39, 0.29) is 0 Å². The number of benzene rings is 2. The smallest absolute Gasteiger partial charge is 0.323 e. The molecular formula is C20H16N6O2. The van der Waals surface area contributed by atoms with Crippen molar-refractivity contribution in [2.24, 2.45) is 0 Å². The Kier molecular flexibility index (Phi) is 4.40. The quantitative estimate of drug-likeness (QED) is 0.554. The minimum atomic E-state index is -0.404. The highest BCUT2D eigenvalue weighted by Gasteiger charge is 2.24. The molecule has 2 heterocycles. The average Bonchev–Trinajstić information content (AvgIpc) is 3.19. The van der Waals surface area contributed by atoms with Gasteiger partial charge >= 0.3 is 6.03 Å². The van der Waals surface area contributed by atoms with E-state index in [9.17, 15) is 4.79 Å². The van der Waals surface area contributed by atoms with Gasteiger partial charge in [-0.2, -0.15) is 5.26 Å². The zero-order valence-electron chi connectivity index (χ0n) is 14.7. The number of carbonyl (C=O) groups is 1. The minimum Gasteiger partial charge on any atom is -0.448 e. The number of carbonyl (C=O) groups excluding carboxylic acids is 1. The van der Waals surface area contributed by atoms with Crippen molar-refractivity contribution in [2.75, 3.05) is 27.5 Å². The zero-order chi connectivity index (χ0) is 19.5. The predicted octanol–water partition coefficient (Wildman–Crippen LogP) is 4.01. The lowest BCUT2D eigenvalue weighted by molar-refractivity contribution is 0.262. The maximum Gasteiger partial charge on any atom is 0.323 e. The molecule has 0 atom stereocenters. The zero-order valence-corrected chi connectivity index (χ0v) is 14.7. The molecule has 1 aliphatic rings. The van der Waals surface area contributed by atoms with Crippen LogP contribution in [0.5, 0.6) is 0 Å². The van der Waals surface area contributed by atoms with Gasteiger partial charge in [-0.25, -0.2) is 4.79 Å². The fourth-order valence-electron chi connectivity index (χ4n) is 2.91. The van der Waals surface area contributed by atoms with Gasteiger partial charge in [0.2, 0.25) is 5.88 Å². The molecule has 1 aromatic heterocycles. The van der Waals surface area contributed by atoms with Gasteiger partial charge in [-0.1, -0.05) is 6.07 Å². The summed E-state index contributed by atoms with van der Waals surface area (Å²) in [6, 6.07) is 17.2. The summed E-state index contributed by atoms with van der Waals surface area (Å²) < 4.78 is 5.29. The average molecular weight is 372 g/mol. The number of hydrogen-bond donors (Lipinski definition) is 4. The predicted molar refractivity (Wildman–Crippen MR) is 107 cm³/mol. The number of amidine groups is 1. The molecular weight excluding hydrogens is 356 g/mol. The van der Waals surface area contributed by atoms with Crippen molar-refractivity contribution in [3.63, 3.8) is 0 Å². The fourth-order valence-corrected chi connectivity index (χ4v) is 2.91. The van der Waals surface area contributed by atoms with E-state index in [0.717, 1.165) is 5.69 Å². The fraction of sp³-hybridized carbons (Fsp3) is 0.0500. The number of nitrogens with one attached hydrogen (secondary N) is 4. The van der Waals surface area contributed by atoms with E-state index >= 15 is 0 Å². The van der Waals surface area contributed by atoms with E-state index in [4.69, 9.17) is 15.1 Å². The van der Waals surface area contributed by atoms with Gasteiger partial charge in [-0.05, 0) is 48.5 Å². The van der Waals surface area contributed by atoms with Crippen molar-refractivity contribution in [2.45, 2.75) is 0 Å². The molecule has 2 amide bonds.